The van der Waals surface area contributed by atoms with Gasteiger partial charge < -0.3 is 10.1 Å². The van der Waals surface area contributed by atoms with Crippen molar-refractivity contribution in [2.75, 3.05) is 16.6 Å². The van der Waals surface area contributed by atoms with Crippen molar-refractivity contribution in [3.63, 3.8) is 0 Å². The third kappa shape index (κ3) is 6.10. The molecule has 14 heteroatoms. The number of esters is 1. The molecule has 0 atom stereocenters. The van der Waals surface area contributed by atoms with Crippen LogP contribution in [0.15, 0.2) is 63.0 Å². The van der Waals surface area contributed by atoms with Crippen LogP contribution in [0.3, 0.4) is 0 Å². The van der Waals surface area contributed by atoms with E-state index >= 15 is 0 Å². The fourth-order valence-corrected chi connectivity index (χ4v) is 4.21. The van der Waals surface area contributed by atoms with Crippen molar-refractivity contribution in [3.05, 3.63) is 85.0 Å². The van der Waals surface area contributed by atoms with Gasteiger partial charge in [-0.3, -0.25) is 23.4 Å². The zero-order chi connectivity index (χ0) is 25.9. The molecule has 2 N–H and O–H groups in total. The molecule has 35 heavy (non-hydrogen) atoms. The minimum absolute atomic E-state index is 0.0986. The molecule has 0 aliphatic heterocycles. The second-order valence-corrected chi connectivity index (χ2v) is 9.67. The van der Waals surface area contributed by atoms with Crippen LogP contribution in [0.25, 0.3) is 0 Å². The Labute approximate surface area is 208 Å². The molecule has 0 radical (unpaired) electrons. The van der Waals surface area contributed by atoms with Gasteiger partial charge in [0.05, 0.1) is 15.5 Å². The number of halogens is 2. The first kappa shape index (κ1) is 26.0. The smallest absolute Gasteiger partial charge is 0.340 e. The van der Waals surface area contributed by atoms with Gasteiger partial charge in [0.15, 0.2) is 6.61 Å². The SMILES string of the molecule is Cn1c(NC(=O)COC(=O)c2cc(S(=O)(=O)Nc3ccc(Cl)cc3)ccc2Cl)cc(=O)n(C)c1=O. The molecule has 3 rings (SSSR count). The van der Waals surface area contributed by atoms with E-state index in [-0.39, 0.29) is 27.0 Å². The number of hydrogen-bond donors (Lipinski definition) is 2. The first-order valence-electron chi connectivity index (χ1n) is 9.71. The summed E-state index contributed by atoms with van der Waals surface area (Å²) in [7, 11) is -1.47. The third-order valence-electron chi connectivity index (χ3n) is 4.69. The number of ether oxygens (including phenoxy) is 1. The van der Waals surface area contributed by atoms with Crippen LogP contribution >= 0.6 is 23.2 Å². The number of amides is 1. The van der Waals surface area contributed by atoms with Crippen molar-refractivity contribution < 1.29 is 22.7 Å². The van der Waals surface area contributed by atoms with Crippen molar-refractivity contribution >= 4 is 56.6 Å². The molecular formula is C21H18Cl2N4O7S. The fourth-order valence-electron chi connectivity index (χ4n) is 2.80. The lowest BCUT2D eigenvalue weighted by atomic mass is 10.2. The van der Waals surface area contributed by atoms with Gasteiger partial charge in [0.2, 0.25) is 0 Å². The monoisotopic (exact) mass is 540 g/mol. The normalized spacial score (nSPS) is 11.1. The van der Waals surface area contributed by atoms with E-state index in [1.807, 2.05) is 0 Å². The van der Waals surface area contributed by atoms with Crippen LogP contribution in [0.2, 0.25) is 10.0 Å². The van der Waals surface area contributed by atoms with Crippen LogP contribution in [0, 0.1) is 0 Å². The Morgan fingerprint density at radius 2 is 1.63 bits per heavy atom. The first-order chi connectivity index (χ1) is 16.4. The average molecular weight is 541 g/mol. The number of rotatable bonds is 7. The van der Waals surface area contributed by atoms with Crippen molar-refractivity contribution in [2.45, 2.75) is 4.90 Å². The highest BCUT2D eigenvalue weighted by Crippen LogP contribution is 2.24. The molecule has 1 amide bonds. The third-order valence-corrected chi connectivity index (χ3v) is 6.65. The second kappa shape index (κ2) is 10.3. The van der Waals surface area contributed by atoms with E-state index in [9.17, 15) is 27.6 Å². The van der Waals surface area contributed by atoms with Crippen LogP contribution < -0.4 is 21.3 Å². The van der Waals surface area contributed by atoms with E-state index < -0.39 is 39.8 Å². The molecule has 0 saturated carbocycles. The number of carbonyl (C=O) groups excluding carboxylic acids is 2. The summed E-state index contributed by atoms with van der Waals surface area (Å²) >= 11 is 11.8. The topological polar surface area (TPSA) is 146 Å². The quantitative estimate of drug-likeness (QED) is 0.435. The number of anilines is 2. The summed E-state index contributed by atoms with van der Waals surface area (Å²) in [5.41, 5.74) is -1.35. The van der Waals surface area contributed by atoms with E-state index in [0.717, 1.165) is 21.3 Å². The summed E-state index contributed by atoms with van der Waals surface area (Å²) in [6, 6.07) is 10.3. The molecule has 2 aromatic carbocycles. The zero-order valence-corrected chi connectivity index (χ0v) is 20.6. The lowest BCUT2D eigenvalue weighted by Crippen LogP contribution is -2.38. The number of hydrogen-bond acceptors (Lipinski definition) is 7. The highest BCUT2D eigenvalue weighted by molar-refractivity contribution is 7.92. The van der Waals surface area contributed by atoms with Crippen molar-refractivity contribution in [1.29, 1.82) is 0 Å². The summed E-state index contributed by atoms with van der Waals surface area (Å²) in [5.74, 6) is -2.00. The summed E-state index contributed by atoms with van der Waals surface area (Å²) < 4.78 is 34.5. The number of nitrogens with one attached hydrogen (secondary N) is 2. The Kier molecular flexibility index (Phi) is 7.68. The summed E-state index contributed by atoms with van der Waals surface area (Å²) in [6.45, 7) is -0.793. The number of carbonyl (C=O) groups is 2. The Hall–Kier alpha value is -3.61. The fraction of sp³-hybridized carbons (Fsp3) is 0.143. The molecule has 0 unspecified atom stereocenters. The van der Waals surface area contributed by atoms with Crippen molar-refractivity contribution in [2.24, 2.45) is 14.1 Å². The van der Waals surface area contributed by atoms with Gasteiger partial charge in [-0.2, -0.15) is 0 Å². The van der Waals surface area contributed by atoms with Crippen molar-refractivity contribution in [1.82, 2.24) is 9.13 Å². The summed E-state index contributed by atoms with van der Waals surface area (Å²) in [6.07, 6.45) is 0. The highest BCUT2D eigenvalue weighted by Gasteiger charge is 2.21. The molecule has 1 heterocycles. The van der Waals surface area contributed by atoms with Gasteiger partial charge in [0.25, 0.3) is 21.5 Å². The van der Waals surface area contributed by atoms with E-state index in [1.165, 1.54) is 50.5 Å². The Morgan fingerprint density at radius 1 is 0.971 bits per heavy atom. The predicted molar refractivity (Wildman–Crippen MR) is 130 cm³/mol. The molecular weight excluding hydrogens is 523 g/mol. The van der Waals surface area contributed by atoms with Crippen LogP contribution in [0.1, 0.15) is 10.4 Å². The number of sulfonamides is 1. The lowest BCUT2D eigenvalue weighted by Gasteiger charge is -2.12. The minimum Gasteiger partial charge on any atom is -0.452 e. The molecule has 0 fully saturated rings. The van der Waals surface area contributed by atoms with Crippen LogP contribution in [-0.2, 0) is 33.7 Å². The average Bonchev–Trinajstić information content (AvgIpc) is 2.81. The molecule has 3 aromatic rings. The molecule has 184 valence electrons. The molecule has 0 aliphatic rings. The van der Waals surface area contributed by atoms with Gasteiger partial charge in [-0.25, -0.2) is 18.0 Å². The minimum atomic E-state index is -4.09. The van der Waals surface area contributed by atoms with Crippen LogP contribution in [-0.4, -0.2) is 36.0 Å². The lowest BCUT2D eigenvalue weighted by molar-refractivity contribution is -0.119. The van der Waals surface area contributed by atoms with Crippen LogP contribution in [0.4, 0.5) is 11.5 Å². The Balaban J connectivity index is 1.72. The van der Waals surface area contributed by atoms with E-state index in [1.54, 1.807) is 0 Å². The van der Waals surface area contributed by atoms with Gasteiger partial charge in [-0.15, -0.1) is 0 Å². The number of benzene rings is 2. The van der Waals surface area contributed by atoms with E-state index in [0.29, 0.717) is 5.02 Å². The Bertz CT molecular complexity index is 1530. The van der Waals surface area contributed by atoms with Crippen LogP contribution in [0.5, 0.6) is 0 Å². The molecule has 0 bridgehead atoms. The maximum Gasteiger partial charge on any atom is 0.340 e. The maximum absolute atomic E-state index is 12.7. The first-order valence-corrected chi connectivity index (χ1v) is 11.9. The van der Waals surface area contributed by atoms with E-state index in [4.69, 9.17) is 27.9 Å². The Morgan fingerprint density at radius 3 is 2.29 bits per heavy atom. The molecule has 1 aromatic heterocycles. The standard InChI is InChI=1S/C21H18Cl2N4O7S/c1-26-17(10-19(29)27(2)21(26)31)24-18(28)11-34-20(30)15-9-14(7-8-16(15)23)35(32,33)25-13-5-3-12(22)4-6-13/h3-10,25H,11H2,1-2H3,(H,24,28). The highest BCUT2D eigenvalue weighted by atomic mass is 35.5. The maximum atomic E-state index is 12.7. The number of nitrogens with zero attached hydrogens (tertiary/aromatic N) is 2. The summed E-state index contributed by atoms with van der Waals surface area (Å²) in [5, 5.41) is 2.61. The van der Waals surface area contributed by atoms with Gasteiger partial charge >= 0.3 is 11.7 Å². The predicted octanol–water partition coefficient (Wildman–Crippen LogP) is 1.99. The van der Waals surface area contributed by atoms with Gasteiger partial charge in [-0.05, 0) is 42.5 Å². The largest absolute Gasteiger partial charge is 0.452 e. The van der Waals surface area contributed by atoms with Gasteiger partial charge in [-0.1, -0.05) is 23.2 Å². The molecule has 11 nitrogen and oxygen atoms in total. The summed E-state index contributed by atoms with van der Waals surface area (Å²) in [4.78, 5) is 48.1. The van der Waals surface area contributed by atoms with Gasteiger partial charge in [0.1, 0.15) is 5.82 Å². The van der Waals surface area contributed by atoms with E-state index in [2.05, 4.69) is 10.0 Å². The second-order valence-electron chi connectivity index (χ2n) is 7.15. The molecule has 0 aliphatic carbocycles. The molecule has 0 saturated heterocycles. The number of aromatic nitrogens is 2. The zero-order valence-electron chi connectivity index (χ0n) is 18.2. The van der Waals surface area contributed by atoms with Gasteiger partial charge in [0, 0.05) is 30.9 Å². The molecule has 0 spiro atoms. The van der Waals surface area contributed by atoms with Crippen molar-refractivity contribution in [3.8, 4) is 0 Å².